The molecule has 0 N–H and O–H groups in total. The normalized spacial score (nSPS) is 12.6. The number of ether oxygens (including phenoxy) is 3. The minimum atomic E-state index is -0.777. The van der Waals surface area contributed by atoms with Crippen molar-refractivity contribution in [3.63, 3.8) is 0 Å². The molecular weight excluding hydrogens is 973 g/mol. The van der Waals surface area contributed by atoms with Crippen molar-refractivity contribution in [2.45, 2.75) is 348 Å². The Balaban J connectivity index is 4.16. The fourth-order valence-corrected chi connectivity index (χ4v) is 9.80. The Morgan fingerprint density at radius 2 is 0.494 bits per heavy atom. The van der Waals surface area contributed by atoms with Gasteiger partial charge in [0.05, 0.1) is 0 Å². The molecule has 0 saturated heterocycles. The van der Waals surface area contributed by atoms with Gasteiger partial charge in [-0.1, -0.05) is 311 Å². The second-order valence-corrected chi connectivity index (χ2v) is 22.7. The monoisotopic (exact) mass is 1100 g/mol. The predicted molar refractivity (Wildman–Crippen MR) is 344 cm³/mol. The third kappa shape index (κ3) is 65.3. The van der Waals surface area contributed by atoms with Gasteiger partial charge in [0.25, 0.3) is 0 Å². The van der Waals surface area contributed by atoms with E-state index in [0.717, 1.165) is 96.3 Å². The minimum absolute atomic E-state index is 0.0749. The third-order valence-corrected chi connectivity index (χ3v) is 14.9. The first-order valence-corrected chi connectivity index (χ1v) is 34.1. The molecule has 0 aromatic heterocycles. The number of allylic oxidation sites excluding steroid dienone is 14. The van der Waals surface area contributed by atoms with E-state index >= 15 is 0 Å². The minimum Gasteiger partial charge on any atom is -0.462 e. The summed E-state index contributed by atoms with van der Waals surface area (Å²) >= 11 is 0. The maximum atomic E-state index is 12.9. The molecule has 6 heteroatoms. The lowest BCUT2D eigenvalue weighted by Gasteiger charge is -2.18. The zero-order valence-corrected chi connectivity index (χ0v) is 52.4. The van der Waals surface area contributed by atoms with Crippen LogP contribution >= 0.6 is 0 Å². The number of carbonyl (C=O) groups excluding carboxylic acids is 3. The topological polar surface area (TPSA) is 78.9 Å². The zero-order chi connectivity index (χ0) is 57.1. The van der Waals surface area contributed by atoms with Gasteiger partial charge >= 0.3 is 17.9 Å². The SMILES string of the molecule is CC/C=C\C/C=C\C/C=C\C/C=C\CCCCCCCCCCCCC(=O)OC(COC(=O)CCCCCCCCCCC)COC(=O)CCCCCCCCCCCCCCCC/C=C\C/C=C\C/C=C\CCCCCCC. The first-order valence-electron chi connectivity index (χ1n) is 34.1. The van der Waals surface area contributed by atoms with E-state index in [4.69, 9.17) is 14.2 Å². The van der Waals surface area contributed by atoms with Crippen molar-refractivity contribution in [1.29, 1.82) is 0 Å². The van der Waals surface area contributed by atoms with Crippen LogP contribution in [-0.4, -0.2) is 37.2 Å². The zero-order valence-electron chi connectivity index (χ0n) is 52.4. The van der Waals surface area contributed by atoms with Crippen molar-refractivity contribution in [3.05, 3.63) is 85.1 Å². The van der Waals surface area contributed by atoms with Gasteiger partial charge in [-0.25, -0.2) is 0 Å². The summed E-state index contributed by atoms with van der Waals surface area (Å²) in [6.45, 7) is 6.53. The smallest absolute Gasteiger partial charge is 0.306 e. The highest BCUT2D eigenvalue weighted by Gasteiger charge is 2.19. The van der Waals surface area contributed by atoms with Gasteiger partial charge in [0.2, 0.25) is 0 Å². The maximum absolute atomic E-state index is 12.9. The number of carbonyl (C=O) groups is 3. The van der Waals surface area contributed by atoms with E-state index in [9.17, 15) is 14.4 Å². The molecule has 0 spiro atoms. The van der Waals surface area contributed by atoms with E-state index in [1.54, 1.807) is 0 Å². The van der Waals surface area contributed by atoms with Crippen molar-refractivity contribution in [3.8, 4) is 0 Å². The second kappa shape index (κ2) is 67.1. The molecule has 6 nitrogen and oxygen atoms in total. The van der Waals surface area contributed by atoms with Gasteiger partial charge in [0, 0.05) is 19.3 Å². The molecule has 79 heavy (non-hydrogen) atoms. The van der Waals surface area contributed by atoms with Crippen molar-refractivity contribution in [2.75, 3.05) is 13.2 Å². The lowest BCUT2D eigenvalue weighted by Crippen LogP contribution is -2.30. The Labute approximate surface area is 490 Å². The maximum Gasteiger partial charge on any atom is 0.306 e. The average molecular weight is 1100 g/mol. The molecule has 0 aromatic carbocycles. The van der Waals surface area contributed by atoms with E-state index in [-0.39, 0.29) is 31.1 Å². The molecule has 0 bridgehead atoms. The average Bonchev–Trinajstić information content (AvgIpc) is 3.45. The van der Waals surface area contributed by atoms with Crippen LogP contribution in [0.1, 0.15) is 342 Å². The lowest BCUT2D eigenvalue weighted by atomic mass is 10.0. The molecule has 0 aromatic rings. The third-order valence-electron chi connectivity index (χ3n) is 14.9. The van der Waals surface area contributed by atoms with E-state index in [1.807, 2.05) is 0 Å². The van der Waals surface area contributed by atoms with E-state index in [1.165, 1.54) is 205 Å². The highest BCUT2D eigenvalue weighted by molar-refractivity contribution is 5.71. The molecule has 0 aliphatic rings. The number of esters is 3. The Morgan fingerprint density at radius 1 is 0.266 bits per heavy atom. The molecule has 0 amide bonds. The Morgan fingerprint density at radius 3 is 0.772 bits per heavy atom. The molecule has 0 radical (unpaired) electrons. The van der Waals surface area contributed by atoms with Gasteiger partial charge in [0.15, 0.2) is 6.10 Å². The molecule has 1 atom stereocenters. The summed E-state index contributed by atoms with van der Waals surface area (Å²) in [7, 11) is 0. The first kappa shape index (κ1) is 75.6. The Kier molecular flexibility index (Phi) is 64.2. The predicted octanol–water partition coefficient (Wildman–Crippen LogP) is 23.4. The molecule has 0 aliphatic carbocycles. The van der Waals surface area contributed by atoms with Crippen molar-refractivity contribution < 1.29 is 28.6 Å². The van der Waals surface area contributed by atoms with Gasteiger partial charge in [-0.2, -0.15) is 0 Å². The molecule has 0 fully saturated rings. The summed E-state index contributed by atoms with van der Waals surface area (Å²) in [6, 6.07) is 0. The van der Waals surface area contributed by atoms with E-state index < -0.39 is 6.10 Å². The largest absolute Gasteiger partial charge is 0.462 e. The number of hydrogen-bond acceptors (Lipinski definition) is 6. The van der Waals surface area contributed by atoms with Crippen LogP contribution < -0.4 is 0 Å². The summed E-state index contributed by atoms with van der Waals surface area (Å²) in [4.78, 5) is 38.3. The molecule has 0 saturated carbocycles. The number of unbranched alkanes of at least 4 members (excludes halogenated alkanes) is 37. The highest BCUT2D eigenvalue weighted by Crippen LogP contribution is 2.17. The first-order chi connectivity index (χ1) is 39.0. The summed E-state index contributed by atoms with van der Waals surface area (Å²) in [5, 5.41) is 0. The molecular formula is C73H128O6. The summed E-state index contributed by atoms with van der Waals surface area (Å²) in [5.41, 5.74) is 0. The van der Waals surface area contributed by atoms with E-state index in [2.05, 4.69) is 106 Å². The van der Waals surface area contributed by atoms with Gasteiger partial charge in [-0.15, -0.1) is 0 Å². The standard InChI is InChI=1S/C73H128O6/c1-4-7-10-13-16-19-21-23-25-27-29-31-33-34-35-36-37-38-40-41-43-45-47-49-51-54-57-60-63-66-72(75)78-69-70(68-77-71(74)65-62-59-56-53-18-15-12-9-6-3)79-73(76)67-64-61-58-55-52-50-48-46-44-42-39-32-30-28-26-24-22-20-17-14-11-8-5-2/h8,11,17,20-21,23-24,26-27,29-30,32-34,70H,4-7,9-10,12-16,18-19,22,25,28,31,35-69H2,1-3H3/b11-8-,20-17-,23-21-,26-24-,29-27-,32-30-,34-33-. The molecule has 0 aliphatic heterocycles. The van der Waals surface area contributed by atoms with Crippen molar-refractivity contribution in [2.24, 2.45) is 0 Å². The second-order valence-electron chi connectivity index (χ2n) is 22.7. The lowest BCUT2D eigenvalue weighted by molar-refractivity contribution is -0.167. The quantitative estimate of drug-likeness (QED) is 0.0261. The van der Waals surface area contributed by atoms with Crippen molar-refractivity contribution >= 4 is 17.9 Å². The van der Waals surface area contributed by atoms with Crippen LogP contribution in [0.2, 0.25) is 0 Å². The van der Waals surface area contributed by atoms with Crippen LogP contribution in [0.25, 0.3) is 0 Å². The fourth-order valence-electron chi connectivity index (χ4n) is 9.80. The van der Waals surface area contributed by atoms with Crippen LogP contribution in [0.15, 0.2) is 85.1 Å². The molecule has 1 unspecified atom stereocenters. The Bertz CT molecular complexity index is 1500. The van der Waals surface area contributed by atoms with Gasteiger partial charge in [-0.3, -0.25) is 14.4 Å². The molecule has 456 valence electrons. The van der Waals surface area contributed by atoms with Gasteiger partial charge in [0.1, 0.15) is 13.2 Å². The van der Waals surface area contributed by atoms with E-state index in [0.29, 0.717) is 19.3 Å². The van der Waals surface area contributed by atoms with Crippen LogP contribution in [0.5, 0.6) is 0 Å². The van der Waals surface area contributed by atoms with Crippen LogP contribution in [0.4, 0.5) is 0 Å². The molecule has 0 rings (SSSR count). The van der Waals surface area contributed by atoms with Crippen LogP contribution in [0, 0.1) is 0 Å². The fraction of sp³-hybridized carbons (Fsp3) is 0.767. The summed E-state index contributed by atoms with van der Waals surface area (Å²) in [6.07, 6.45) is 89.0. The highest BCUT2D eigenvalue weighted by atomic mass is 16.6. The summed E-state index contributed by atoms with van der Waals surface area (Å²) < 4.78 is 16.9. The summed E-state index contributed by atoms with van der Waals surface area (Å²) in [5.74, 6) is -0.868. The van der Waals surface area contributed by atoms with Crippen LogP contribution in [0.3, 0.4) is 0 Å². The number of hydrogen-bond donors (Lipinski definition) is 0. The van der Waals surface area contributed by atoms with Crippen LogP contribution in [-0.2, 0) is 28.6 Å². The van der Waals surface area contributed by atoms with Gasteiger partial charge < -0.3 is 14.2 Å². The molecule has 0 heterocycles. The van der Waals surface area contributed by atoms with Crippen molar-refractivity contribution in [1.82, 2.24) is 0 Å². The Hall–Kier alpha value is -3.41. The number of rotatable bonds is 62. The van der Waals surface area contributed by atoms with Gasteiger partial charge in [-0.05, 0) is 96.3 Å².